The number of carbonyl (C=O) groups excluding carboxylic acids is 1. The second-order valence-corrected chi connectivity index (χ2v) is 5.12. The normalized spacial score (nSPS) is 15.7. The smallest absolute Gasteiger partial charge is 0.254 e. The molecule has 3 nitrogen and oxygen atoms in total. The molecule has 0 saturated heterocycles. The zero-order valence-electron chi connectivity index (χ0n) is 11.2. The Balaban J connectivity index is 2.25. The summed E-state index contributed by atoms with van der Waals surface area (Å²) in [5.74, 6) is -0.567. The molecule has 1 N–H and O–H groups in total. The van der Waals surface area contributed by atoms with E-state index in [4.69, 9.17) is 5.11 Å². The second kappa shape index (κ2) is 6.15. The van der Waals surface area contributed by atoms with Gasteiger partial charge in [0.15, 0.2) is 0 Å². The van der Waals surface area contributed by atoms with Crippen molar-refractivity contribution in [3.05, 3.63) is 35.1 Å². The lowest BCUT2D eigenvalue weighted by Gasteiger charge is -2.29. The Bertz CT molecular complexity index is 455. The lowest BCUT2D eigenvalue weighted by atomic mass is 10.1. The molecule has 2 rings (SSSR count). The molecule has 0 radical (unpaired) electrons. The minimum Gasteiger partial charge on any atom is -0.395 e. The van der Waals surface area contributed by atoms with Crippen LogP contribution in [0.3, 0.4) is 0 Å². The predicted molar refractivity (Wildman–Crippen MR) is 71.5 cm³/mol. The molecule has 0 heterocycles. The van der Waals surface area contributed by atoms with Crippen LogP contribution in [0.15, 0.2) is 18.2 Å². The van der Waals surface area contributed by atoms with Gasteiger partial charge in [-0.15, -0.1) is 0 Å². The van der Waals surface area contributed by atoms with Crippen molar-refractivity contribution in [2.24, 2.45) is 0 Å². The van der Waals surface area contributed by atoms with E-state index in [2.05, 4.69) is 0 Å². The van der Waals surface area contributed by atoms with Gasteiger partial charge in [-0.05, 0) is 37.5 Å². The number of carbonyl (C=O) groups is 1. The molecule has 1 aliphatic carbocycles. The zero-order chi connectivity index (χ0) is 13.8. The predicted octanol–water partition coefficient (Wildman–Crippen LogP) is 2.51. The fourth-order valence-electron chi connectivity index (χ4n) is 2.75. The van der Waals surface area contributed by atoms with Crippen LogP contribution in [0, 0.1) is 12.7 Å². The summed E-state index contributed by atoms with van der Waals surface area (Å²) in [6, 6.07) is 4.45. The standard InChI is InChI=1S/C15H20FNO2/c1-11-6-7-12(16)10-14(11)15(19)17(8-9-18)13-4-2-3-5-13/h6-7,10,13,18H,2-5,8-9H2,1H3. The molecule has 1 aromatic rings. The average molecular weight is 265 g/mol. The van der Waals surface area contributed by atoms with Gasteiger partial charge in [0.05, 0.1) is 6.61 Å². The SMILES string of the molecule is Cc1ccc(F)cc1C(=O)N(CCO)C1CCCC1. The van der Waals surface area contributed by atoms with Gasteiger partial charge in [0, 0.05) is 18.2 Å². The van der Waals surface area contributed by atoms with Crippen molar-refractivity contribution in [1.29, 1.82) is 0 Å². The summed E-state index contributed by atoms with van der Waals surface area (Å²) < 4.78 is 13.3. The number of halogens is 1. The number of aliphatic hydroxyl groups is 1. The van der Waals surface area contributed by atoms with Crippen LogP contribution in [0.4, 0.5) is 4.39 Å². The van der Waals surface area contributed by atoms with Crippen LogP contribution in [-0.4, -0.2) is 35.1 Å². The van der Waals surface area contributed by atoms with Gasteiger partial charge in [-0.3, -0.25) is 4.79 Å². The maximum atomic E-state index is 13.3. The number of rotatable bonds is 4. The van der Waals surface area contributed by atoms with Crippen LogP contribution >= 0.6 is 0 Å². The maximum absolute atomic E-state index is 13.3. The van der Waals surface area contributed by atoms with Gasteiger partial charge in [-0.2, -0.15) is 0 Å². The van der Waals surface area contributed by atoms with E-state index in [-0.39, 0.29) is 18.6 Å². The highest BCUT2D eigenvalue weighted by atomic mass is 19.1. The molecule has 4 heteroatoms. The van der Waals surface area contributed by atoms with E-state index in [9.17, 15) is 9.18 Å². The van der Waals surface area contributed by atoms with Crippen molar-refractivity contribution >= 4 is 5.91 Å². The monoisotopic (exact) mass is 265 g/mol. The molecule has 1 saturated carbocycles. The Morgan fingerprint density at radius 1 is 1.42 bits per heavy atom. The Labute approximate surface area is 113 Å². The van der Waals surface area contributed by atoms with Gasteiger partial charge in [0.2, 0.25) is 0 Å². The Kier molecular flexibility index (Phi) is 4.53. The van der Waals surface area contributed by atoms with Crippen molar-refractivity contribution in [2.75, 3.05) is 13.2 Å². The molecule has 19 heavy (non-hydrogen) atoms. The average Bonchev–Trinajstić information content (AvgIpc) is 2.92. The Morgan fingerprint density at radius 3 is 2.74 bits per heavy atom. The Morgan fingerprint density at radius 2 is 2.11 bits per heavy atom. The van der Waals surface area contributed by atoms with Crippen molar-refractivity contribution < 1.29 is 14.3 Å². The van der Waals surface area contributed by atoms with Gasteiger partial charge in [0.1, 0.15) is 5.82 Å². The lowest BCUT2D eigenvalue weighted by molar-refractivity contribution is 0.0637. The van der Waals surface area contributed by atoms with Crippen LogP contribution < -0.4 is 0 Å². The number of aliphatic hydroxyl groups excluding tert-OH is 1. The Hall–Kier alpha value is -1.42. The van der Waals surface area contributed by atoms with Gasteiger partial charge in [-0.1, -0.05) is 18.9 Å². The van der Waals surface area contributed by atoms with E-state index >= 15 is 0 Å². The molecule has 0 aromatic heterocycles. The fraction of sp³-hybridized carbons (Fsp3) is 0.533. The highest BCUT2D eigenvalue weighted by Crippen LogP contribution is 2.25. The quantitative estimate of drug-likeness (QED) is 0.908. The summed E-state index contributed by atoms with van der Waals surface area (Å²) in [4.78, 5) is 14.2. The molecular formula is C15H20FNO2. The fourth-order valence-corrected chi connectivity index (χ4v) is 2.75. The number of amides is 1. The molecule has 1 aromatic carbocycles. The highest BCUT2D eigenvalue weighted by molar-refractivity contribution is 5.95. The van der Waals surface area contributed by atoms with E-state index < -0.39 is 5.82 Å². The zero-order valence-corrected chi connectivity index (χ0v) is 11.2. The summed E-state index contributed by atoms with van der Waals surface area (Å²) >= 11 is 0. The van der Waals surface area contributed by atoms with Crippen molar-refractivity contribution in [3.63, 3.8) is 0 Å². The van der Waals surface area contributed by atoms with Gasteiger partial charge in [-0.25, -0.2) is 4.39 Å². The van der Waals surface area contributed by atoms with Crippen LogP contribution in [0.25, 0.3) is 0 Å². The first kappa shape index (κ1) is 14.0. The van der Waals surface area contributed by atoms with Crippen molar-refractivity contribution in [3.8, 4) is 0 Å². The summed E-state index contributed by atoms with van der Waals surface area (Å²) in [6.07, 6.45) is 4.17. The number of aryl methyl sites for hydroxylation is 1. The van der Waals surface area contributed by atoms with Crippen LogP contribution in [-0.2, 0) is 0 Å². The third kappa shape index (κ3) is 3.13. The number of hydrogen-bond acceptors (Lipinski definition) is 2. The first-order valence-corrected chi connectivity index (χ1v) is 6.81. The van der Waals surface area contributed by atoms with E-state index in [0.29, 0.717) is 12.1 Å². The first-order valence-electron chi connectivity index (χ1n) is 6.81. The van der Waals surface area contributed by atoms with Gasteiger partial charge < -0.3 is 10.0 Å². The third-order valence-electron chi connectivity index (χ3n) is 3.80. The molecule has 0 unspecified atom stereocenters. The van der Waals surface area contributed by atoms with E-state index in [1.807, 2.05) is 0 Å². The van der Waals surface area contributed by atoms with Gasteiger partial charge in [0.25, 0.3) is 5.91 Å². The number of nitrogens with zero attached hydrogens (tertiary/aromatic N) is 1. The van der Waals surface area contributed by atoms with Gasteiger partial charge >= 0.3 is 0 Å². The third-order valence-corrected chi connectivity index (χ3v) is 3.80. The second-order valence-electron chi connectivity index (χ2n) is 5.12. The molecule has 0 spiro atoms. The molecule has 1 aliphatic rings. The molecule has 1 fully saturated rings. The summed E-state index contributed by atoms with van der Waals surface area (Å²) in [5, 5.41) is 9.15. The van der Waals surface area contributed by atoms with Crippen molar-refractivity contribution in [2.45, 2.75) is 38.6 Å². The summed E-state index contributed by atoms with van der Waals surface area (Å²) in [7, 11) is 0. The minimum absolute atomic E-state index is 0.0589. The molecule has 0 aliphatic heterocycles. The lowest BCUT2D eigenvalue weighted by Crippen LogP contribution is -2.41. The van der Waals surface area contributed by atoms with E-state index in [1.54, 1.807) is 17.9 Å². The minimum atomic E-state index is -0.399. The highest BCUT2D eigenvalue weighted by Gasteiger charge is 2.27. The molecule has 104 valence electrons. The van der Waals surface area contributed by atoms with E-state index in [1.165, 1.54) is 12.1 Å². The van der Waals surface area contributed by atoms with Crippen molar-refractivity contribution in [1.82, 2.24) is 4.90 Å². The molecule has 0 atom stereocenters. The number of benzene rings is 1. The van der Waals surface area contributed by atoms with Crippen LogP contribution in [0.5, 0.6) is 0 Å². The van der Waals surface area contributed by atoms with Crippen LogP contribution in [0.2, 0.25) is 0 Å². The molecule has 1 amide bonds. The van der Waals surface area contributed by atoms with Crippen LogP contribution in [0.1, 0.15) is 41.6 Å². The summed E-state index contributed by atoms with van der Waals surface area (Å²) in [5.41, 5.74) is 1.17. The maximum Gasteiger partial charge on any atom is 0.254 e. The first-order chi connectivity index (χ1) is 9.13. The van der Waals surface area contributed by atoms with E-state index in [0.717, 1.165) is 31.2 Å². The topological polar surface area (TPSA) is 40.5 Å². The molecular weight excluding hydrogens is 245 g/mol. The summed E-state index contributed by atoms with van der Waals surface area (Å²) in [6.45, 7) is 2.06. The molecule has 0 bridgehead atoms. The number of hydrogen-bond donors (Lipinski definition) is 1. The largest absolute Gasteiger partial charge is 0.395 e.